The first-order chi connectivity index (χ1) is 21.5. The SMILES string of the molecule is CC(C)(C)c1ccc(N2c3ccc4cccc5c4c3B3c4c-5nc(-c5ccccc5)nc4-c4cccc5ccc2c3c45)cc1. The van der Waals surface area contributed by atoms with Crippen molar-refractivity contribution in [2.75, 3.05) is 4.90 Å². The van der Waals surface area contributed by atoms with E-state index < -0.39 is 0 Å². The molecule has 1 aromatic heterocycles. The van der Waals surface area contributed by atoms with Crippen LogP contribution in [-0.2, 0) is 5.41 Å². The van der Waals surface area contributed by atoms with Gasteiger partial charge >= 0.3 is 0 Å². The fourth-order valence-corrected chi connectivity index (χ4v) is 7.98. The Bertz CT molecular complexity index is 2250. The predicted molar refractivity (Wildman–Crippen MR) is 185 cm³/mol. The van der Waals surface area contributed by atoms with E-state index in [4.69, 9.17) is 9.97 Å². The molecule has 0 unspecified atom stereocenters. The number of fused-ring (bicyclic) bond motifs is 2. The lowest BCUT2D eigenvalue weighted by molar-refractivity contribution is 0.590. The normalized spacial score (nSPS) is 13.7. The van der Waals surface area contributed by atoms with Gasteiger partial charge in [0.25, 0.3) is 6.71 Å². The van der Waals surface area contributed by atoms with Crippen LogP contribution in [0, 0.1) is 0 Å². The Kier molecular flexibility index (Phi) is 4.54. The van der Waals surface area contributed by atoms with Crippen LogP contribution in [-0.4, -0.2) is 16.7 Å². The monoisotopic (exact) mass is 561 g/mol. The van der Waals surface area contributed by atoms with Crippen LogP contribution in [0.15, 0.2) is 115 Å². The number of anilines is 3. The molecule has 0 fully saturated rings. The van der Waals surface area contributed by atoms with Crippen molar-refractivity contribution in [1.29, 1.82) is 0 Å². The number of benzene rings is 6. The van der Waals surface area contributed by atoms with Gasteiger partial charge in [-0.25, -0.2) is 9.97 Å². The summed E-state index contributed by atoms with van der Waals surface area (Å²) in [5, 5.41) is 5.13. The fraction of sp³-hybridized carbons (Fsp3) is 0.100. The average Bonchev–Trinajstić information content (AvgIpc) is 3.06. The molecule has 0 aliphatic carbocycles. The van der Waals surface area contributed by atoms with E-state index in [9.17, 15) is 0 Å². The molecular formula is C40H28BN3. The third kappa shape index (κ3) is 3.03. The Morgan fingerprint density at radius 3 is 1.66 bits per heavy atom. The summed E-state index contributed by atoms with van der Waals surface area (Å²) < 4.78 is 0. The highest BCUT2D eigenvalue weighted by Crippen LogP contribution is 2.46. The van der Waals surface area contributed by atoms with Crippen LogP contribution in [0.1, 0.15) is 26.3 Å². The van der Waals surface area contributed by atoms with Crippen LogP contribution >= 0.6 is 0 Å². The zero-order valence-corrected chi connectivity index (χ0v) is 24.9. The molecule has 0 amide bonds. The van der Waals surface area contributed by atoms with Crippen molar-refractivity contribution in [3.05, 3.63) is 121 Å². The molecule has 0 bridgehead atoms. The highest BCUT2D eigenvalue weighted by Gasteiger charge is 2.46. The quantitative estimate of drug-likeness (QED) is 0.200. The molecule has 206 valence electrons. The second-order valence-corrected chi connectivity index (χ2v) is 13.4. The minimum absolute atomic E-state index is 0.0668. The summed E-state index contributed by atoms with van der Waals surface area (Å²) in [6.45, 7) is 6.89. The molecular weight excluding hydrogens is 533 g/mol. The van der Waals surface area contributed by atoms with Crippen LogP contribution in [0.2, 0.25) is 0 Å². The number of rotatable bonds is 2. The first-order valence-electron chi connectivity index (χ1n) is 15.5. The number of hydrogen-bond acceptors (Lipinski definition) is 3. The van der Waals surface area contributed by atoms with Gasteiger partial charge in [0.05, 0.1) is 11.4 Å². The van der Waals surface area contributed by atoms with Gasteiger partial charge in [-0.1, -0.05) is 112 Å². The number of hydrogen-bond donors (Lipinski definition) is 0. The van der Waals surface area contributed by atoms with Crippen molar-refractivity contribution >= 4 is 61.7 Å². The minimum Gasteiger partial charge on any atom is -0.311 e. The van der Waals surface area contributed by atoms with E-state index in [1.807, 2.05) is 6.07 Å². The van der Waals surface area contributed by atoms with Gasteiger partial charge in [0, 0.05) is 33.8 Å². The van der Waals surface area contributed by atoms with E-state index in [1.165, 1.54) is 71.7 Å². The van der Waals surface area contributed by atoms with Crippen molar-refractivity contribution in [2.45, 2.75) is 26.2 Å². The highest BCUT2D eigenvalue weighted by atomic mass is 15.2. The van der Waals surface area contributed by atoms with Crippen LogP contribution in [0.25, 0.3) is 55.4 Å². The molecule has 3 nitrogen and oxygen atoms in total. The van der Waals surface area contributed by atoms with Crippen molar-refractivity contribution in [3.8, 4) is 33.9 Å². The zero-order chi connectivity index (χ0) is 29.3. The Labute approximate surface area is 256 Å². The Morgan fingerprint density at radius 2 is 1.11 bits per heavy atom. The van der Waals surface area contributed by atoms with E-state index >= 15 is 0 Å². The molecule has 0 atom stereocenters. The Balaban J connectivity index is 1.37. The van der Waals surface area contributed by atoms with E-state index in [0.29, 0.717) is 0 Å². The zero-order valence-electron chi connectivity index (χ0n) is 24.9. The molecule has 0 N–H and O–H groups in total. The number of nitrogens with zero attached hydrogens (tertiary/aromatic N) is 3. The molecule has 0 saturated heterocycles. The van der Waals surface area contributed by atoms with Crippen LogP contribution in [0.4, 0.5) is 17.1 Å². The third-order valence-corrected chi connectivity index (χ3v) is 9.95. The van der Waals surface area contributed by atoms with Gasteiger partial charge in [0.2, 0.25) is 0 Å². The van der Waals surface area contributed by atoms with Crippen molar-refractivity contribution in [1.82, 2.24) is 9.97 Å². The lowest BCUT2D eigenvalue weighted by Gasteiger charge is -2.43. The standard InChI is InChI=1S/C40H28BN3/c1-40(2,3)26-17-19-27(20-18-26)44-30-21-15-23-11-7-13-28-32(23)34(30)41-35-31(44)22-16-24-12-8-14-29(33(24)35)38-36(41)37(28)42-39(43-38)25-9-5-4-6-10-25/h4-22H,1-3H3. The average molecular weight is 561 g/mol. The largest absolute Gasteiger partial charge is 0.311 e. The van der Waals surface area contributed by atoms with E-state index in [2.05, 4.69) is 135 Å². The Hall–Kier alpha value is -5.22. The van der Waals surface area contributed by atoms with Crippen molar-refractivity contribution in [3.63, 3.8) is 0 Å². The highest BCUT2D eigenvalue weighted by molar-refractivity contribution is 7.03. The van der Waals surface area contributed by atoms with Gasteiger partial charge in [-0.15, -0.1) is 0 Å². The number of aromatic nitrogens is 2. The first-order valence-corrected chi connectivity index (χ1v) is 15.5. The fourth-order valence-electron chi connectivity index (χ4n) is 7.98. The lowest BCUT2D eigenvalue weighted by Crippen LogP contribution is -2.62. The molecule has 0 radical (unpaired) electrons. The van der Waals surface area contributed by atoms with Gasteiger partial charge in [-0.2, -0.15) is 0 Å². The molecule has 10 rings (SSSR count). The molecule has 0 spiro atoms. The minimum atomic E-state index is 0.0668. The van der Waals surface area contributed by atoms with E-state index in [1.54, 1.807) is 0 Å². The molecule has 6 aromatic carbocycles. The maximum atomic E-state index is 5.37. The molecule has 0 saturated carbocycles. The third-order valence-electron chi connectivity index (χ3n) is 9.95. The molecule has 4 heteroatoms. The van der Waals surface area contributed by atoms with Crippen LogP contribution in [0.3, 0.4) is 0 Å². The van der Waals surface area contributed by atoms with Crippen LogP contribution in [0.5, 0.6) is 0 Å². The maximum absolute atomic E-state index is 5.37. The van der Waals surface area contributed by atoms with Gasteiger partial charge in [-0.3, -0.25) is 0 Å². The summed E-state index contributed by atoms with van der Waals surface area (Å²) in [6.07, 6.45) is 0. The van der Waals surface area contributed by atoms with Crippen molar-refractivity contribution in [2.24, 2.45) is 0 Å². The first kappa shape index (κ1) is 24.3. The van der Waals surface area contributed by atoms with Crippen LogP contribution < -0.4 is 21.3 Å². The summed E-state index contributed by atoms with van der Waals surface area (Å²) in [6, 6.07) is 42.2. The maximum Gasteiger partial charge on any atom is 0.254 e. The summed E-state index contributed by atoms with van der Waals surface area (Å²) in [5.41, 5.74) is 14.7. The lowest BCUT2D eigenvalue weighted by atomic mass is 9.30. The summed E-state index contributed by atoms with van der Waals surface area (Å²) in [4.78, 5) is 13.2. The van der Waals surface area contributed by atoms with Gasteiger partial charge in [-0.05, 0) is 73.2 Å². The molecule has 4 heterocycles. The van der Waals surface area contributed by atoms with E-state index in [-0.39, 0.29) is 12.1 Å². The second-order valence-electron chi connectivity index (χ2n) is 13.4. The predicted octanol–water partition coefficient (Wildman–Crippen LogP) is 8.01. The molecule has 3 aliphatic rings. The molecule has 3 aliphatic heterocycles. The van der Waals surface area contributed by atoms with Crippen molar-refractivity contribution < 1.29 is 0 Å². The summed E-state index contributed by atoms with van der Waals surface area (Å²) >= 11 is 0. The molecule has 7 aromatic rings. The second kappa shape index (κ2) is 8.24. The van der Waals surface area contributed by atoms with Gasteiger partial charge < -0.3 is 4.90 Å². The Morgan fingerprint density at radius 1 is 0.545 bits per heavy atom. The molecule has 44 heavy (non-hydrogen) atoms. The van der Waals surface area contributed by atoms with E-state index in [0.717, 1.165) is 22.8 Å². The summed E-state index contributed by atoms with van der Waals surface area (Å²) in [7, 11) is 0. The van der Waals surface area contributed by atoms with Gasteiger partial charge in [0.1, 0.15) is 0 Å². The summed E-state index contributed by atoms with van der Waals surface area (Å²) in [5.74, 6) is 0.781. The van der Waals surface area contributed by atoms with Gasteiger partial charge in [0.15, 0.2) is 5.82 Å². The topological polar surface area (TPSA) is 29.0 Å². The smallest absolute Gasteiger partial charge is 0.254 e.